The zero-order chi connectivity index (χ0) is 19.7. The van der Waals surface area contributed by atoms with Crippen molar-refractivity contribution in [1.82, 2.24) is 0 Å². The molecule has 3 aromatic rings. The molecule has 0 aromatic heterocycles. The molecule has 2 unspecified atom stereocenters. The number of alkyl halides is 3. The molecule has 2 N–H and O–H groups in total. The van der Waals surface area contributed by atoms with Gasteiger partial charge in [0.2, 0.25) is 0 Å². The van der Waals surface area contributed by atoms with Crippen LogP contribution in [-0.4, -0.2) is 6.61 Å². The van der Waals surface area contributed by atoms with E-state index in [9.17, 15) is 13.2 Å². The summed E-state index contributed by atoms with van der Waals surface area (Å²) in [7, 11) is 0. The second-order valence-corrected chi connectivity index (χ2v) is 7.02. The molecule has 0 heterocycles. The third kappa shape index (κ3) is 3.93. The van der Waals surface area contributed by atoms with Gasteiger partial charge in [0.05, 0.1) is 12.2 Å². The van der Waals surface area contributed by atoms with E-state index in [4.69, 9.17) is 10.5 Å². The number of fused-ring (bicyclic) bond motifs is 1. The highest BCUT2D eigenvalue weighted by molar-refractivity contribution is 5.91. The number of halogens is 3. The molecule has 5 heteroatoms. The molecule has 142 valence electrons. The molecule has 0 aliphatic heterocycles. The fourth-order valence-corrected chi connectivity index (χ4v) is 3.11. The van der Waals surface area contributed by atoms with E-state index in [1.54, 1.807) is 18.2 Å². The van der Waals surface area contributed by atoms with Gasteiger partial charge in [0.25, 0.3) is 0 Å². The molecule has 0 saturated heterocycles. The molecular formula is C22H22F3NO. The highest BCUT2D eigenvalue weighted by Gasteiger charge is 2.33. The summed E-state index contributed by atoms with van der Waals surface area (Å²) >= 11 is 0. The summed E-state index contributed by atoms with van der Waals surface area (Å²) < 4.78 is 45.7. The average Bonchev–Trinajstić information content (AvgIpc) is 2.65. The van der Waals surface area contributed by atoms with E-state index in [2.05, 4.69) is 0 Å². The molecule has 0 bridgehead atoms. The lowest BCUT2D eigenvalue weighted by Gasteiger charge is -2.32. The summed E-state index contributed by atoms with van der Waals surface area (Å²) in [6, 6.07) is 18.6. The van der Waals surface area contributed by atoms with E-state index in [1.807, 2.05) is 44.2 Å². The molecule has 0 aliphatic rings. The molecule has 2 nitrogen and oxygen atoms in total. The Balaban J connectivity index is 1.86. The van der Waals surface area contributed by atoms with Gasteiger partial charge in [-0.1, -0.05) is 61.5 Å². The maximum absolute atomic E-state index is 13.3. The van der Waals surface area contributed by atoms with Gasteiger partial charge in [0.1, 0.15) is 5.75 Å². The second kappa shape index (κ2) is 7.24. The lowest BCUT2D eigenvalue weighted by molar-refractivity contribution is -0.136. The fraction of sp³-hybridized carbons (Fsp3) is 0.273. The van der Waals surface area contributed by atoms with Crippen molar-refractivity contribution in [2.24, 2.45) is 11.7 Å². The summed E-state index contributed by atoms with van der Waals surface area (Å²) in [5.74, 6) is 0.371. The molecule has 0 radical (unpaired) electrons. The minimum absolute atomic E-state index is 0.0547. The van der Waals surface area contributed by atoms with Gasteiger partial charge >= 0.3 is 6.18 Å². The third-order valence-electron chi connectivity index (χ3n) is 5.10. The Labute approximate surface area is 156 Å². The SMILES string of the molecule is CC(COc1ccc(C(F)(F)F)c2ccccc12)C(C)(N)c1ccccc1. The van der Waals surface area contributed by atoms with Gasteiger partial charge in [0, 0.05) is 16.8 Å². The van der Waals surface area contributed by atoms with Crippen LogP contribution in [0.4, 0.5) is 13.2 Å². The summed E-state index contributed by atoms with van der Waals surface area (Å²) in [6.45, 7) is 4.19. The van der Waals surface area contributed by atoms with Crippen LogP contribution in [-0.2, 0) is 11.7 Å². The topological polar surface area (TPSA) is 35.2 Å². The Hall–Kier alpha value is -2.53. The lowest BCUT2D eigenvalue weighted by atomic mass is 9.82. The zero-order valence-corrected chi connectivity index (χ0v) is 15.3. The quantitative estimate of drug-likeness (QED) is 0.618. The van der Waals surface area contributed by atoms with E-state index in [-0.39, 0.29) is 17.9 Å². The summed E-state index contributed by atoms with van der Waals surface area (Å²) in [4.78, 5) is 0. The monoisotopic (exact) mass is 373 g/mol. The van der Waals surface area contributed by atoms with E-state index >= 15 is 0 Å². The van der Waals surface area contributed by atoms with Crippen LogP contribution in [0.15, 0.2) is 66.7 Å². The Morgan fingerprint density at radius 1 is 0.889 bits per heavy atom. The number of benzene rings is 3. The highest BCUT2D eigenvalue weighted by atomic mass is 19.4. The van der Waals surface area contributed by atoms with E-state index in [1.165, 1.54) is 12.1 Å². The van der Waals surface area contributed by atoms with Crippen molar-refractivity contribution in [2.45, 2.75) is 25.6 Å². The minimum atomic E-state index is -4.41. The number of ether oxygens (including phenoxy) is 1. The van der Waals surface area contributed by atoms with E-state index in [0.29, 0.717) is 11.1 Å². The Bertz CT molecular complexity index is 920. The van der Waals surface area contributed by atoms with E-state index in [0.717, 1.165) is 11.6 Å². The van der Waals surface area contributed by atoms with Crippen molar-refractivity contribution < 1.29 is 17.9 Å². The lowest BCUT2D eigenvalue weighted by Crippen LogP contribution is -2.42. The Kier molecular flexibility index (Phi) is 5.16. The minimum Gasteiger partial charge on any atom is -0.493 e. The third-order valence-corrected chi connectivity index (χ3v) is 5.10. The largest absolute Gasteiger partial charge is 0.493 e. The molecule has 0 spiro atoms. The van der Waals surface area contributed by atoms with Crippen molar-refractivity contribution in [3.63, 3.8) is 0 Å². The van der Waals surface area contributed by atoms with E-state index < -0.39 is 17.3 Å². The predicted molar refractivity (Wildman–Crippen MR) is 102 cm³/mol. The van der Waals surface area contributed by atoms with Crippen LogP contribution in [0.1, 0.15) is 25.0 Å². The van der Waals surface area contributed by atoms with Crippen LogP contribution >= 0.6 is 0 Å². The fourth-order valence-electron chi connectivity index (χ4n) is 3.11. The molecular weight excluding hydrogens is 351 g/mol. The Morgan fingerprint density at radius 2 is 1.48 bits per heavy atom. The zero-order valence-electron chi connectivity index (χ0n) is 15.3. The van der Waals surface area contributed by atoms with Crippen LogP contribution in [0.25, 0.3) is 10.8 Å². The van der Waals surface area contributed by atoms with Crippen molar-refractivity contribution in [3.8, 4) is 5.75 Å². The highest BCUT2D eigenvalue weighted by Crippen LogP contribution is 2.38. The molecule has 2 atom stereocenters. The number of hydrogen-bond donors (Lipinski definition) is 1. The normalized spacial score (nSPS) is 15.3. The second-order valence-electron chi connectivity index (χ2n) is 7.02. The van der Waals surface area contributed by atoms with Gasteiger partial charge in [0.15, 0.2) is 0 Å². The van der Waals surface area contributed by atoms with Crippen molar-refractivity contribution >= 4 is 10.8 Å². The maximum atomic E-state index is 13.3. The molecule has 0 amide bonds. The summed E-state index contributed by atoms with van der Waals surface area (Å²) in [5, 5.41) is 0.576. The first-order valence-electron chi connectivity index (χ1n) is 8.77. The molecule has 0 aliphatic carbocycles. The van der Waals surface area contributed by atoms with Crippen molar-refractivity contribution in [1.29, 1.82) is 0 Å². The maximum Gasteiger partial charge on any atom is 0.417 e. The van der Waals surface area contributed by atoms with Gasteiger partial charge in [-0.3, -0.25) is 0 Å². The van der Waals surface area contributed by atoms with Crippen LogP contribution in [0.3, 0.4) is 0 Å². The first-order valence-corrected chi connectivity index (χ1v) is 8.77. The number of nitrogens with two attached hydrogens (primary N) is 1. The molecule has 3 rings (SSSR count). The molecule has 0 saturated carbocycles. The van der Waals surface area contributed by atoms with Gasteiger partial charge in [-0.25, -0.2) is 0 Å². The Morgan fingerprint density at radius 3 is 2.11 bits per heavy atom. The van der Waals surface area contributed by atoms with Crippen molar-refractivity contribution in [3.05, 3.63) is 77.9 Å². The van der Waals surface area contributed by atoms with Crippen LogP contribution in [0, 0.1) is 5.92 Å². The summed E-state index contributed by atoms with van der Waals surface area (Å²) in [6.07, 6.45) is -4.41. The molecule has 3 aromatic carbocycles. The van der Waals surface area contributed by atoms with Gasteiger partial charge in [-0.15, -0.1) is 0 Å². The van der Waals surface area contributed by atoms with Gasteiger partial charge < -0.3 is 10.5 Å². The molecule has 27 heavy (non-hydrogen) atoms. The first kappa shape index (κ1) is 19.2. The average molecular weight is 373 g/mol. The summed E-state index contributed by atoms with van der Waals surface area (Å²) in [5.41, 5.74) is 6.21. The van der Waals surface area contributed by atoms with Crippen LogP contribution in [0.5, 0.6) is 5.75 Å². The smallest absolute Gasteiger partial charge is 0.417 e. The predicted octanol–water partition coefficient (Wildman–Crippen LogP) is 5.75. The van der Waals surface area contributed by atoms with Crippen LogP contribution < -0.4 is 10.5 Å². The molecule has 0 fully saturated rings. The number of rotatable bonds is 5. The van der Waals surface area contributed by atoms with Gasteiger partial charge in [-0.2, -0.15) is 13.2 Å². The van der Waals surface area contributed by atoms with Crippen molar-refractivity contribution in [2.75, 3.05) is 6.61 Å². The van der Waals surface area contributed by atoms with Gasteiger partial charge in [-0.05, 0) is 30.0 Å². The standard InChI is InChI=1S/C22H22F3NO/c1-15(21(2,26)16-8-4-3-5-9-16)14-27-20-13-12-19(22(23,24)25)17-10-6-7-11-18(17)20/h3-13,15H,14,26H2,1-2H3. The first-order chi connectivity index (χ1) is 12.7. The van der Waals surface area contributed by atoms with Crippen LogP contribution in [0.2, 0.25) is 0 Å². The number of hydrogen-bond acceptors (Lipinski definition) is 2.